The van der Waals surface area contributed by atoms with E-state index in [0.29, 0.717) is 16.3 Å². The van der Waals surface area contributed by atoms with Crippen LogP contribution in [0, 0.1) is 10.1 Å². The van der Waals surface area contributed by atoms with E-state index >= 15 is 0 Å². The Labute approximate surface area is 159 Å². The first-order chi connectivity index (χ1) is 12.5. The zero-order valence-electron chi connectivity index (χ0n) is 13.8. The number of benzene rings is 2. The second kappa shape index (κ2) is 9.79. The fraction of sp³-hybridized carbons (Fsp3) is 0.176. The Kier molecular flexibility index (Phi) is 7.43. The molecule has 1 amide bonds. The third kappa shape index (κ3) is 6.05. The Morgan fingerprint density at radius 1 is 1.38 bits per heavy atom. The largest absolute Gasteiger partial charge is 0.490 e. The average molecular weight is 394 g/mol. The van der Waals surface area contributed by atoms with E-state index in [1.165, 1.54) is 37.2 Å². The zero-order valence-corrected chi connectivity index (χ0v) is 15.4. The highest BCUT2D eigenvalue weighted by Crippen LogP contribution is 2.26. The molecule has 0 bridgehead atoms. The number of hydrazone groups is 1. The molecule has 2 rings (SSSR count). The van der Waals surface area contributed by atoms with Crippen LogP contribution in [0.25, 0.3) is 0 Å². The Morgan fingerprint density at radius 3 is 2.88 bits per heavy atom. The summed E-state index contributed by atoms with van der Waals surface area (Å²) < 4.78 is 4.93. The van der Waals surface area contributed by atoms with Crippen LogP contribution in [0.3, 0.4) is 0 Å². The van der Waals surface area contributed by atoms with E-state index in [-0.39, 0.29) is 23.1 Å². The van der Waals surface area contributed by atoms with Gasteiger partial charge in [0.05, 0.1) is 24.0 Å². The number of nitro groups is 1. The molecule has 136 valence electrons. The molecule has 2 aromatic rings. The van der Waals surface area contributed by atoms with Crippen molar-refractivity contribution >= 4 is 41.2 Å². The highest BCUT2D eigenvalue weighted by molar-refractivity contribution is 7.99. The SMILES string of the molecule is COc1ccc(/C=N\NC(=O)CSCc2cccc(Cl)c2)cc1[N+](=O)[O-]. The first kappa shape index (κ1) is 19.7. The molecule has 0 spiro atoms. The van der Waals surface area contributed by atoms with Crippen molar-refractivity contribution in [2.45, 2.75) is 5.75 Å². The first-order valence-electron chi connectivity index (χ1n) is 7.46. The van der Waals surface area contributed by atoms with Gasteiger partial charge in [-0.2, -0.15) is 5.10 Å². The molecule has 0 aliphatic rings. The van der Waals surface area contributed by atoms with Crippen LogP contribution in [0.5, 0.6) is 5.75 Å². The van der Waals surface area contributed by atoms with Crippen molar-refractivity contribution in [2.75, 3.05) is 12.9 Å². The normalized spacial score (nSPS) is 10.7. The van der Waals surface area contributed by atoms with Crippen LogP contribution in [0.2, 0.25) is 5.02 Å². The molecule has 0 heterocycles. The lowest BCUT2D eigenvalue weighted by molar-refractivity contribution is -0.385. The number of halogens is 1. The average Bonchev–Trinajstić information content (AvgIpc) is 2.61. The van der Waals surface area contributed by atoms with Gasteiger partial charge >= 0.3 is 5.69 Å². The van der Waals surface area contributed by atoms with E-state index in [9.17, 15) is 14.9 Å². The molecule has 0 saturated heterocycles. The van der Waals surface area contributed by atoms with Gasteiger partial charge in [0, 0.05) is 22.4 Å². The highest BCUT2D eigenvalue weighted by Gasteiger charge is 2.14. The summed E-state index contributed by atoms with van der Waals surface area (Å²) >= 11 is 7.34. The molecular weight excluding hydrogens is 378 g/mol. The van der Waals surface area contributed by atoms with Crippen LogP contribution in [0.1, 0.15) is 11.1 Å². The maximum absolute atomic E-state index is 11.8. The van der Waals surface area contributed by atoms with E-state index in [1.807, 2.05) is 18.2 Å². The number of thioether (sulfide) groups is 1. The first-order valence-corrected chi connectivity index (χ1v) is 8.99. The zero-order chi connectivity index (χ0) is 18.9. The predicted molar refractivity (Wildman–Crippen MR) is 103 cm³/mol. The quantitative estimate of drug-likeness (QED) is 0.419. The van der Waals surface area contributed by atoms with E-state index in [1.54, 1.807) is 12.1 Å². The molecule has 7 nitrogen and oxygen atoms in total. The molecule has 0 fully saturated rings. The molecule has 9 heteroatoms. The standard InChI is InChI=1S/C17H16ClN3O4S/c1-25-16-6-5-12(8-15(16)21(23)24)9-19-20-17(22)11-26-10-13-3-2-4-14(18)7-13/h2-9H,10-11H2,1H3,(H,20,22)/b19-9-. The second-order valence-corrected chi connectivity index (χ2v) is 6.53. The maximum atomic E-state index is 11.8. The number of nitrogens with one attached hydrogen (secondary N) is 1. The third-order valence-corrected chi connectivity index (χ3v) is 4.43. The molecule has 0 aliphatic heterocycles. The van der Waals surface area contributed by atoms with Gasteiger partial charge in [-0.25, -0.2) is 5.43 Å². The van der Waals surface area contributed by atoms with Crippen molar-refractivity contribution in [1.29, 1.82) is 0 Å². The molecule has 0 aliphatic carbocycles. The van der Waals surface area contributed by atoms with Crippen molar-refractivity contribution in [1.82, 2.24) is 5.43 Å². The molecule has 0 radical (unpaired) electrons. The predicted octanol–water partition coefficient (Wildman–Crippen LogP) is 3.64. The van der Waals surface area contributed by atoms with E-state index in [2.05, 4.69) is 10.5 Å². The van der Waals surface area contributed by atoms with Crippen molar-refractivity contribution in [2.24, 2.45) is 5.10 Å². The van der Waals surface area contributed by atoms with Gasteiger partial charge in [0.15, 0.2) is 5.75 Å². The lowest BCUT2D eigenvalue weighted by Crippen LogP contribution is -2.19. The summed E-state index contributed by atoms with van der Waals surface area (Å²) in [5, 5.41) is 15.4. The molecule has 1 N–H and O–H groups in total. The number of rotatable bonds is 8. The summed E-state index contributed by atoms with van der Waals surface area (Å²) in [6, 6.07) is 11.8. The van der Waals surface area contributed by atoms with E-state index in [0.717, 1.165) is 5.56 Å². The maximum Gasteiger partial charge on any atom is 0.311 e. The minimum absolute atomic E-state index is 0.161. The summed E-state index contributed by atoms with van der Waals surface area (Å²) in [5.41, 5.74) is 3.73. The number of carbonyl (C=O) groups excluding carboxylic acids is 1. The summed E-state index contributed by atoms with van der Waals surface area (Å²) in [7, 11) is 1.36. The number of hydrogen-bond donors (Lipinski definition) is 1. The minimum atomic E-state index is -0.540. The van der Waals surface area contributed by atoms with Gasteiger partial charge in [0.25, 0.3) is 0 Å². The molecule has 26 heavy (non-hydrogen) atoms. The lowest BCUT2D eigenvalue weighted by atomic mass is 10.2. The molecule has 2 aromatic carbocycles. The molecular formula is C17H16ClN3O4S. The van der Waals surface area contributed by atoms with Gasteiger partial charge < -0.3 is 4.74 Å². The highest BCUT2D eigenvalue weighted by atomic mass is 35.5. The minimum Gasteiger partial charge on any atom is -0.490 e. The van der Waals surface area contributed by atoms with Gasteiger partial charge in [-0.3, -0.25) is 14.9 Å². The van der Waals surface area contributed by atoms with Gasteiger partial charge in [-0.1, -0.05) is 23.7 Å². The molecule has 0 atom stereocenters. The van der Waals surface area contributed by atoms with Crippen LogP contribution < -0.4 is 10.2 Å². The number of carbonyl (C=O) groups is 1. The van der Waals surface area contributed by atoms with Gasteiger partial charge in [0.1, 0.15) is 0 Å². The van der Waals surface area contributed by atoms with Gasteiger partial charge in [0.2, 0.25) is 5.91 Å². The molecule has 0 unspecified atom stereocenters. The van der Waals surface area contributed by atoms with Crippen LogP contribution in [-0.4, -0.2) is 29.9 Å². The summed E-state index contributed by atoms with van der Waals surface area (Å²) in [6.45, 7) is 0. The Morgan fingerprint density at radius 2 is 2.19 bits per heavy atom. The number of hydrogen-bond acceptors (Lipinski definition) is 6. The van der Waals surface area contributed by atoms with Crippen molar-refractivity contribution < 1.29 is 14.5 Å². The summed E-state index contributed by atoms with van der Waals surface area (Å²) in [6.07, 6.45) is 1.34. The second-order valence-electron chi connectivity index (χ2n) is 5.10. The van der Waals surface area contributed by atoms with Crippen molar-refractivity contribution in [3.8, 4) is 5.75 Å². The van der Waals surface area contributed by atoms with Crippen molar-refractivity contribution in [3.05, 3.63) is 68.7 Å². The number of nitrogens with zero attached hydrogens (tertiary/aromatic N) is 2. The van der Waals surface area contributed by atoms with Crippen LogP contribution >= 0.6 is 23.4 Å². The Bertz CT molecular complexity index is 829. The Balaban J connectivity index is 1.83. The topological polar surface area (TPSA) is 93.8 Å². The molecule has 0 aromatic heterocycles. The number of amides is 1. The van der Waals surface area contributed by atoms with E-state index < -0.39 is 4.92 Å². The van der Waals surface area contributed by atoms with Crippen LogP contribution in [-0.2, 0) is 10.5 Å². The van der Waals surface area contributed by atoms with E-state index in [4.69, 9.17) is 16.3 Å². The van der Waals surface area contributed by atoms with Crippen LogP contribution in [0.4, 0.5) is 5.69 Å². The van der Waals surface area contributed by atoms with Crippen LogP contribution in [0.15, 0.2) is 47.6 Å². The summed E-state index contributed by atoms with van der Waals surface area (Å²) in [4.78, 5) is 22.2. The smallest absolute Gasteiger partial charge is 0.311 e. The fourth-order valence-electron chi connectivity index (χ4n) is 2.03. The monoisotopic (exact) mass is 393 g/mol. The third-order valence-electron chi connectivity index (χ3n) is 3.19. The fourth-order valence-corrected chi connectivity index (χ4v) is 3.01. The Hall–Kier alpha value is -2.58. The lowest BCUT2D eigenvalue weighted by Gasteiger charge is -2.03. The molecule has 0 saturated carbocycles. The number of ether oxygens (including phenoxy) is 1. The summed E-state index contributed by atoms with van der Waals surface area (Å²) in [5.74, 6) is 0.777. The van der Waals surface area contributed by atoms with Gasteiger partial charge in [-0.05, 0) is 29.8 Å². The number of methoxy groups -OCH3 is 1. The van der Waals surface area contributed by atoms with Gasteiger partial charge in [-0.15, -0.1) is 11.8 Å². The number of nitro benzene ring substituents is 1. The van der Waals surface area contributed by atoms with Crippen molar-refractivity contribution in [3.63, 3.8) is 0 Å².